The van der Waals surface area contributed by atoms with E-state index >= 15 is 0 Å². The maximum atomic E-state index is 5.28. The predicted molar refractivity (Wildman–Crippen MR) is 91.9 cm³/mol. The Labute approximate surface area is 134 Å². The normalized spacial score (nSPS) is 26.3. The fraction of sp³-hybridized carbons (Fsp3) is 0.800. The summed E-state index contributed by atoms with van der Waals surface area (Å²) in [4.78, 5) is 7.08. The second kappa shape index (κ2) is 8.68. The summed E-state index contributed by atoms with van der Waals surface area (Å²) in [6.45, 7) is 6.17. The molecule has 2 rings (SSSR count). The average Bonchev–Trinajstić information content (AvgIpc) is 2.81. The van der Waals surface area contributed by atoms with Gasteiger partial charge in [0.2, 0.25) is 0 Å². The molecule has 2 unspecified atom stereocenters. The number of guanidine groups is 1. The average molecular weight is 375 g/mol. The van der Waals surface area contributed by atoms with Crippen molar-refractivity contribution >= 4 is 29.9 Å². The molecule has 4 heteroatoms. The number of nitrogens with zero attached hydrogens (tertiary/aromatic N) is 2. The number of aliphatic imine (C=N–C) groups is 1. The summed E-state index contributed by atoms with van der Waals surface area (Å²) in [5, 5.41) is 3.40. The van der Waals surface area contributed by atoms with Gasteiger partial charge in [-0.15, -0.1) is 36.3 Å². The molecule has 0 amide bonds. The van der Waals surface area contributed by atoms with Gasteiger partial charge in [-0.05, 0) is 31.6 Å². The van der Waals surface area contributed by atoms with Crippen molar-refractivity contribution in [3.05, 3.63) is 0 Å². The number of fused-ring (bicyclic) bond motifs is 1. The van der Waals surface area contributed by atoms with Gasteiger partial charge in [0, 0.05) is 26.1 Å². The molecule has 0 aromatic rings. The molecule has 2 aliphatic rings. The fourth-order valence-electron chi connectivity index (χ4n) is 3.23. The lowest BCUT2D eigenvalue weighted by molar-refractivity contribution is 0.299. The van der Waals surface area contributed by atoms with Crippen LogP contribution in [0.1, 0.15) is 39.0 Å². The van der Waals surface area contributed by atoms with Gasteiger partial charge in [0.1, 0.15) is 0 Å². The molecule has 0 bridgehead atoms. The van der Waals surface area contributed by atoms with Crippen molar-refractivity contribution in [2.75, 3.05) is 26.2 Å². The molecule has 1 saturated carbocycles. The molecule has 19 heavy (non-hydrogen) atoms. The first-order valence-corrected chi connectivity index (χ1v) is 7.32. The number of terminal acetylenes is 1. The molecule has 0 radical (unpaired) electrons. The van der Waals surface area contributed by atoms with E-state index in [2.05, 4.69) is 28.1 Å². The van der Waals surface area contributed by atoms with Crippen molar-refractivity contribution in [1.82, 2.24) is 10.2 Å². The van der Waals surface area contributed by atoms with E-state index in [9.17, 15) is 0 Å². The molecule has 1 N–H and O–H groups in total. The van der Waals surface area contributed by atoms with Gasteiger partial charge in [-0.3, -0.25) is 4.99 Å². The zero-order valence-corrected chi connectivity index (χ0v) is 14.2. The molecule has 2 atom stereocenters. The van der Waals surface area contributed by atoms with Crippen LogP contribution in [0.4, 0.5) is 0 Å². The number of rotatable bonds is 3. The van der Waals surface area contributed by atoms with Crippen LogP contribution in [0.3, 0.4) is 0 Å². The van der Waals surface area contributed by atoms with Gasteiger partial charge >= 0.3 is 0 Å². The van der Waals surface area contributed by atoms with Crippen molar-refractivity contribution in [2.45, 2.75) is 39.0 Å². The number of hydrogen-bond acceptors (Lipinski definition) is 1. The zero-order valence-electron chi connectivity index (χ0n) is 11.9. The molecule has 1 saturated heterocycles. The molecule has 2 fully saturated rings. The molecule has 108 valence electrons. The number of likely N-dealkylation sites (tertiary alicyclic amines) is 1. The van der Waals surface area contributed by atoms with Gasteiger partial charge in [-0.25, -0.2) is 0 Å². The molecule has 0 spiro atoms. The highest BCUT2D eigenvalue weighted by Gasteiger charge is 2.35. The van der Waals surface area contributed by atoms with Crippen LogP contribution in [0.5, 0.6) is 0 Å². The molecule has 0 aromatic carbocycles. The van der Waals surface area contributed by atoms with Crippen molar-refractivity contribution in [3.8, 4) is 12.3 Å². The van der Waals surface area contributed by atoms with Gasteiger partial charge in [0.25, 0.3) is 0 Å². The van der Waals surface area contributed by atoms with Crippen LogP contribution >= 0.6 is 24.0 Å². The van der Waals surface area contributed by atoms with Gasteiger partial charge < -0.3 is 10.2 Å². The van der Waals surface area contributed by atoms with E-state index in [0.717, 1.165) is 37.3 Å². The molecular formula is C15H26IN3. The third kappa shape index (κ3) is 4.55. The summed E-state index contributed by atoms with van der Waals surface area (Å²) in [6, 6.07) is 0. The molecule has 0 aromatic heterocycles. The molecule has 3 nitrogen and oxygen atoms in total. The van der Waals surface area contributed by atoms with Crippen LogP contribution in [0, 0.1) is 24.2 Å². The SMILES string of the molecule is C#CCCN=C(NCC)N1CC2CCCCC2C1.I. The Kier molecular flexibility index (Phi) is 7.59. The van der Waals surface area contributed by atoms with Crippen molar-refractivity contribution < 1.29 is 0 Å². The third-order valence-corrected chi connectivity index (χ3v) is 4.13. The molecule has 1 aliphatic carbocycles. The minimum atomic E-state index is 0. The van der Waals surface area contributed by atoms with E-state index in [1.54, 1.807) is 0 Å². The van der Waals surface area contributed by atoms with E-state index in [4.69, 9.17) is 6.42 Å². The van der Waals surface area contributed by atoms with E-state index in [0.29, 0.717) is 0 Å². The van der Waals surface area contributed by atoms with Crippen LogP contribution in [-0.4, -0.2) is 37.0 Å². The van der Waals surface area contributed by atoms with Gasteiger partial charge in [-0.2, -0.15) is 0 Å². The minimum Gasteiger partial charge on any atom is -0.357 e. The van der Waals surface area contributed by atoms with E-state index in [1.165, 1.54) is 38.8 Å². The number of nitrogens with one attached hydrogen (secondary N) is 1. The molecule has 1 heterocycles. The first-order chi connectivity index (χ1) is 8.85. The highest BCUT2D eigenvalue weighted by Crippen LogP contribution is 2.35. The summed E-state index contributed by atoms with van der Waals surface area (Å²) < 4.78 is 0. The second-order valence-corrected chi connectivity index (χ2v) is 5.40. The largest absolute Gasteiger partial charge is 0.357 e. The van der Waals surface area contributed by atoms with Crippen LogP contribution in [0.2, 0.25) is 0 Å². The first kappa shape index (κ1) is 16.6. The van der Waals surface area contributed by atoms with E-state index in [1.807, 2.05) is 0 Å². The quantitative estimate of drug-likeness (QED) is 0.270. The maximum Gasteiger partial charge on any atom is 0.193 e. The Morgan fingerprint density at radius 2 is 1.95 bits per heavy atom. The summed E-state index contributed by atoms with van der Waals surface area (Å²) in [5.41, 5.74) is 0. The smallest absolute Gasteiger partial charge is 0.193 e. The number of hydrogen-bond donors (Lipinski definition) is 1. The summed E-state index contributed by atoms with van der Waals surface area (Å²) in [6.07, 6.45) is 11.7. The Morgan fingerprint density at radius 1 is 1.32 bits per heavy atom. The number of halogens is 1. The highest BCUT2D eigenvalue weighted by atomic mass is 127. The zero-order chi connectivity index (χ0) is 12.8. The Morgan fingerprint density at radius 3 is 2.47 bits per heavy atom. The monoisotopic (exact) mass is 375 g/mol. The third-order valence-electron chi connectivity index (χ3n) is 4.13. The Bertz CT molecular complexity index is 321. The standard InChI is InChI=1S/C15H25N3.HI/c1-3-5-10-17-15(16-4-2)18-11-13-8-6-7-9-14(13)12-18;/h1,13-14H,4-12H2,2H3,(H,16,17);1H. The lowest BCUT2D eigenvalue weighted by Gasteiger charge is -2.22. The van der Waals surface area contributed by atoms with E-state index < -0.39 is 0 Å². The summed E-state index contributed by atoms with van der Waals surface area (Å²) in [5.74, 6) is 5.52. The van der Waals surface area contributed by atoms with Crippen molar-refractivity contribution in [1.29, 1.82) is 0 Å². The van der Waals surface area contributed by atoms with Gasteiger partial charge in [-0.1, -0.05) is 12.8 Å². The van der Waals surface area contributed by atoms with Gasteiger partial charge in [0.05, 0.1) is 6.54 Å². The van der Waals surface area contributed by atoms with E-state index in [-0.39, 0.29) is 24.0 Å². The lowest BCUT2D eigenvalue weighted by atomic mass is 9.82. The Balaban J connectivity index is 0.00000180. The first-order valence-electron chi connectivity index (χ1n) is 7.32. The fourth-order valence-corrected chi connectivity index (χ4v) is 3.23. The topological polar surface area (TPSA) is 27.6 Å². The van der Waals surface area contributed by atoms with Crippen LogP contribution in [0.25, 0.3) is 0 Å². The van der Waals surface area contributed by atoms with Crippen molar-refractivity contribution in [3.63, 3.8) is 0 Å². The second-order valence-electron chi connectivity index (χ2n) is 5.40. The predicted octanol–water partition coefficient (Wildman–Crippen LogP) is 2.72. The van der Waals surface area contributed by atoms with Crippen molar-refractivity contribution in [2.24, 2.45) is 16.8 Å². The maximum absolute atomic E-state index is 5.28. The summed E-state index contributed by atoms with van der Waals surface area (Å²) in [7, 11) is 0. The van der Waals surface area contributed by atoms with Crippen LogP contribution in [0.15, 0.2) is 4.99 Å². The highest BCUT2D eigenvalue weighted by molar-refractivity contribution is 14.0. The van der Waals surface area contributed by atoms with Gasteiger partial charge in [0.15, 0.2) is 5.96 Å². The summed E-state index contributed by atoms with van der Waals surface area (Å²) >= 11 is 0. The minimum absolute atomic E-state index is 0. The molecule has 1 aliphatic heterocycles. The Hall–Kier alpha value is -0.440. The lowest BCUT2D eigenvalue weighted by Crippen LogP contribution is -2.40. The molecular weight excluding hydrogens is 349 g/mol. The van der Waals surface area contributed by atoms with Crippen LogP contribution in [-0.2, 0) is 0 Å². The van der Waals surface area contributed by atoms with Crippen LogP contribution < -0.4 is 5.32 Å².